The molecule has 6 heteroatoms. The van der Waals surface area contributed by atoms with Gasteiger partial charge in [-0.3, -0.25) is 0 Å². The predicted octanol–water partition coefficient (Wildman–Crippen LogP) is 3.29. The molecule has 0 aromatic heterocycles. The minimum absolute atomic E-state index is 0.0903. The maximum absolute atomic E-state index is 9.23. The monoisotopic (exact) mass is 391 g/mol. The number of hydrogen-bond acceptors (Lipinski definition) is 6. The molecular weight excluding hydrogens is 346 g/mol. The minimum atomic E-state index is -0.428. The van der Waals surface area contributed by atoms with Crippen molar-refractivity contribution in [3.8, 4) is 0 Å². The fourth-order valence-corrected chi connectivity index (χ4v) is 2.58. The summed E-state index contributed by atoms with van der Waals surface area (Å²) in [5.41, 5.74) is 4.65. The van der Waals surface area contributed by atoms with E-state index in [9.17, 15) is 5.11 Å². The van der Waals surface area contributed by atoms with Gasteiger partial charge in [-0.2, -0.15) is 0 Å². The van der Waals surface area contributed by atoms with Gasteiger partial charge in [0.05, 0.1) is 42.7 Å². The molecule has 0 radical (unpaired) electrons. The third-order valence-electron chi connectivity index (χ3n) is 4.42. The zero-order valence-electron chi connectivity index (χ0n) is 19.0. The Bertz CT molecular complexity index is 383. The molecule has 0 aliphatic carbocycles. The molecule has 0 spiro atoms. The summed E-state index contributed by atoms with van der Waals surface area (Å²) in [4.78, 5) is 0. The van der Waals surface area contributed by atoms with Crippen molar-refractivity contribution in [1.29, 1.82) is 0 Å². The molecule has 164 valence electrons. The van der Waals surface area contributed by atoms with Crippen LogP contribution < -0.4 is 5.73 Å². The molecule has 0 amide bonds. The van der Waals surface area contributed by atoms with E-state index in [1.165, 1.54) is 0 Å². The van der Waals surface area contributed by atoms with Crippen molar-refractivity contribution in [2.75, 3.05) is 33.0 Å². The van der Waals surface area contributed by atoms with Crippen LogP contribution in [-0.4, -0.2) is 67.1 Å². The SMILES string of the molecule is CC(C)OCC(COC(C)(C)CCOC(C)(C)CCN)OC(C)(C)CCO. The lowest BCUT2D eigenvalue weighted by atomic mass is 10.0. The quantitative estimate of drug-likeness (QED) is 0.420. The predicted molar refractivity (Wildman–Crippen MR) is 110 cm³/mol. The van der Waals surface area contributed by atoms with Crippen LogP contribution in [0.5, 0.6) is 0 Å². The summed E-state index contributed by atoms with van der Waals surface area (Å²) in [7, 11) is 0. The van der Waals surface area contributed by atoms with E-state index in [0.29, 0.717) is 32.8 Å². The smallest absolute Gasteiger partial charge is 0.105 e. The first-order valence-corrected chi connectivity index (χ1v) is 10.2. The van der Waals surface area contributed by atoms with Crippen molar-refractivity contribution in [3.63, 3.8) is 0 Å². The van der Waals surface area contributed by atoms with Gasteiger partial charge in [0.1, 0.15) is 6.10 Å². The van der Waals surface area contributed by atoms with Crippen LogP contribution in [0.1, 0.15) is 74.7 Å². The average Bonchev–Trinajstić information content (AvgIpc) is 2.49. The van der Waals surface area contributed by atoms with Crippen molar-refractivity contribution in [1.82, 2.24) is 0 Å². The van der Waals surface area contributed by atoms with E-state index in [1.807, 2.05) is 27.7 Å². The fraction of sp³-hybridized carbons (Fsp3) is 1.00. The molecule has 0 aromatic carbocycles. The van der Waals surface area contributed by atoms with Crippen LogP contribution in [0.15, 0.2) is 0 Å². The molecular formula is C21H45NO5. The number of ether oxygens (including phenoxy) is 4. The van der Waals surface area contributed by atoms with Crippen LogP contribution in [0.4, 0.5) is 0 Å². The summed E-state index contributed by atoms with van der Waals surface area (Å²) in [5, 5.41) is 9.23. The lowest BCUT2D eigenvalue weighted by Crippen LogP contribution is -2.40. The van der Waals surface area contributed by atoms with Gasteiger partial charge in [-0.15, -0.1) is 0 Å². The normalized spacial score (nSPS) is 14.8. The van der Waals surface area contributed by atoms with Gasteiger partial charge in [-0.25, -0.2) is 0 Å². The standard InChI is InChI=1S/C21H45NO5/c1-17(2)24-15-18(27-21(7,8)10-13-23)16-26-20(5,6)11-14-25-19(3,4)9-12-22/h17-18,23H,9-16,22H2,1-8H3. The Kier molecular flexibility index (Phi) is 12.2. The Labute approximate surface area is 167 Å². The first-order chi connectivity index (χ1) is 12.3. The van der Waals surface area contributed by atoms with Gasteiger partial charge in [0.2, 0.25) is 0 Å². The first kappa shape index (κ1) is 26.8. The van der Waals surface area contributed by atoms with Gasteiger partial charge in [0.25, 0.3) is 0 Å². The van der Waals surface area contributed by atoms with E-state index < -0.39 is 5.60 Å². The zero-order valence-corrected chi connectivity index (χ0v) is 19.0. The van der Waals surface area contributed by atoms with Gasteiger partial charge in [0, 0.05) is 6.61 Å². The van der Waals surface area contributed by atoms with Crippen LogP contribution in [0.25, 0.3) is 0 Å². The highest BCUT2D eigenvalue weighted by Gasteiger charge is 2.27. The average molecular weight is 392 g/mol. The Hall–Kier alpha value is -0.240. The van der Waals surface area contributed by atoms with Crippen molar-refractivity contribution < 1.29 is 24.1 Å². The number of aliphatic hydroxyl groups excluding tert-OH is 1. The number of nitrogens with two attached hydrogens (primary N) is 1. The van der Waals surface area contributed by atoms with E-state index in [1.54, 1.807) is 0 Å². The maximum Gasteiger partial charge on any atom is 0.105 e. The molecule has 0 rings (SSSR count). The second-order valence-corrected chi connectivity index (χ2v) is 9.32. The maximum atomic E-state index is 9.23. The van der Waals surface area contributed by atoms with Crippen molar-refractivity contribution in [2.45, 2.75) is 104 Å². The summed E-state index contributed by atoms with van der Waals surface area (Å²) in [6.45, 7) is 18.4. The Morgan fingerprint density at radius 2 is 1.41 bits per heavy atom. The molecule has 1 atom stereocenters. The Balaban J connectivity index is 4.58. The number of rotatable bonds is 16. The van der Waals surface area contributed by atoms with E-state index in [0.717, 1.165) is 12.8 Å². The third-order valence-corrected chi connectivity index (χ3v) is 4.42. The van der Waals surface area contributed by atoms with Crippen LogP contribution in [-0.2, 0) is 18.9 Å². The van der Waals surface area contributed by atoms with Gasteiger partial charge >= 0.3 is 0 Å². The molecule has 0 fully saturated rings. The van der Waals surface area contributed by atoms with Crippen LogP contribution in [0.3, 0.4) is 0 Å². The van der Waals surface area contributed by atoms with Gasteiger partial charge in [0.15, 0.2) is 0 Å². The Morgan fingerprint density at radius 1 is 0.815 bits per heavy atom. The molecule has 0 heterocycles. The highest BCUT2D eigenvalue weighted by atomic mass is 16.6. The highest BCUT2D eigenvalue weighted by molar-refractivity contribution is 4.75. The fourth-order valence-electron chi connectivity index (χ4n) is 2.58. The molecule has 0 aliphatic heterocycles. The first-order valence-electron chi connectivity index (χ1n) is 10.2. The van der Waals surface area contributed by atoms with Crippen molar-refractivity contribution >= 4 is 0 Å². The van der Waals surface area contributed by atoms with Crippen LogP contribution in [0, 0.1) is 0 Å². The largest absolute Gasteiger partial charge is 0.396 e. The lowest BCUT2D eigenvalue weighted by Gasteiger charge is -2.34. The van der Waals surface area contributed by atoms with Gasteiger partial charge in [-0.05, 0) is 81.2 Å². The van der Waals surface area contributed by atoms with Crippen molar-refractivity contribution in [3.05, 3.63) is 0 Å². The summed E-state index contributed by atoms with van der Waals surface area (Å²) in [5.74, 6) is 0. The van der Waals surface area contributed by atoms with E-state index in [-0.39, 0.29) is 30.0 Å². The van der Waals surface area contributed by atoms with Crippen LogP contribution >= 0.6 is 0 Å². The van der Waals surface area contributed by atoms with E-state index >= 15 is 0 Å². The third kappa shape index (κ3) is 14.4. The van der Waals surface area contributed by atoms with Crippen molar-refractivity contribution in [2.24, 2.45) is 5.73 Å². The summed E-state index contributed by atoms with van der Waals surface area (Å²) in [6.07, 6.45) is 2.11. The van der Waals surface area contributed by atoms with Crippen LogP contribution in [0.2, 0.25) is 0 Å². The summed E-state index contributed by atoms with van der Waals surface area (Å²) in [6, 6.07) is 0. The molecule has 0 aliphatic rings. The molecule has 0 aromatic rings. The second-order valence-electron chi connectivity index (χ2n) is 9.32. The molecule has 0 bridgehead atoms. The van der Waals surface area contributed by atoms with Gasteiger partial charge in [-0.1, -0.05) is 0 Å². The molecule has 1 unspecified atom stereocenters. The molecule has 3 N–H and O–H groups in total. The highest BCUT2D eigenvalue weighted by Crippen LogP contribution is 2.22. The topological polar surface area (TPSA) is 83.2 Å². The van der Waals surface area contributed by atoms with E-state index in [2.05, 4.69) is 27.7 Å². The van der Waals surface area contributed by atoms with E-state index in [4.69, 9.17) is 24.7 Å². The molecule has 6 nitrogen and oxygen atoms in total. The number of aliphatic hydroxyl groups is 1. The molecule has 0 saturated carbocycles. The lowest BCUT2D eigenvalue weighted by molar-refractivity contribution is -0.162. The number of hydrogen-bond donors (Lipinski definition) is 2. The second kappa shape index (κ2) is 12.3. The van der Waals surface area contributed by atoms with Gasteiger partial charge < -0.3 is 29.8 Å². The summed E-state index contributed by atoms with van der Waals surface area (Å²) < 4.78 is 24.0. The summed E-state index contributed by atoms with van der Waals surface area (Å²) >= 11 is 0. The zero-order chi connectivity index (χ0) is 21.1. The molecule has 27 heavy (non-hydrogen) atoms. The Morgan fingerprint density at radius 3 is 1.93 bits per heavy atom. The minimum Gasteiger partial charge on any atom is -0.396 e. The molecule has 0 saturated heterocycles.